The number of nitrogens with zero attached hydrogens (tertiary/aromatic N) is 3. The Kier molecular flexibility index (Phi) is 3.69. The van der Waals surface area contributed by atoms with Crippen molar-refractivity contribution in [3.63, 3.8) is 0 Å². The third-order valence-electron chi connectivity index (χ3n) is 4.47. The molecule has 21 heavy (non-hydrogen) atoms. The van der Waals surface area contributed by atoms with Crippen molar-refractivity contribution in [2.24, 2.45) is 0 Å². The van der Waals surface area contributed by atoms with Gasteiger partial charge in [-0.05, 0) is 37.5 Å². The lowest BCUT2D eigenvalue weighted by molar-refractivity contribution is 0.578. The summed E-state index contributed by atoms with van der Waals surface area (Å²) in [6, 6.07) is 6.78. The lowest BCUT2D eigenvalue weighted by Gasteiger charge is -2.28. The number of rotatable bonds is 2. The molecule has 1 aromatic carbocycles. The highest BCUT2D eigenvalue weighted by molar-refractivity contribution is 7.22. The Hall–Kier alpha value is -1.33. The minimum absolute atomic E-state index is 1.06. The maximum absolute atomic E-state index is 4.82. The summed E-state index contributed by atoms with van der Waals surface area (Å²) in [6.07, 6.45) is 4.03. The largest absolute Gasteiger partial charge is 0.371 e. The predicted molar refractivity (Wildman–Crippen MR) is 90.8 cm³/mol. The summed E-state index contributed by atoms with van der Waals surface area (Å²) in [7, 11) is 0. The van der Waals surface area contributed by atoms with Crippen LogP contribution in [0.25, 0.3) is 10.2 Å². The van der Waals surface area contributed by atoms with Gasteiger partial charge in [-0.3, -0.25) is 0 Å². The summed E-state index contributed by atoms with van der Waals surface area (Å²) in [5, 5.41) is 4.58. The van der Waals surface area contributed by atoms with Gasteiger partial charge in [-0.15, -0.1) is 0 Å². The van der Waals surface area contributed by atoms with Crippen molar-refractivity contribution < 1.29 is 0 Å². The highest BCUT2D eigenvalue weighted by Gasteiger charge is 2.16. The minimum atomic E-state index is 1.06. The monoisotopic (exact) mass is 302 g/mol. The SMILES string of the molecule is c1cc2nc(N3CCNCC3)sc2cc1N1CCCCC1. The molecule has 4 rings (SSSR count). The molecule has 0 spiro atoms. The van der Waals surface area contributed by atoms with E-state index >= 15 is 0 Å². The van der Waals surface area contributed by atoms with E-state index in [0.717, 1.165) is 31.7 Å². The minimum Gasteiger partial charge on any atom is -0.371 e. The Morgan fingerprint density at radius 2 is 1.76 bits per heavy atom. The molecule has 1 aromatic heterocycles. The number of nitrogens with one attached hydrogen (secondary N) is 1. The number of piperidine rings is 1. The van der Waals surface area contributed by atoms with Crippen molar-refractivity contribution in [3.8, 4) is 0 Å². The zero-order valence-electron chi connectivity index (χ0n) is 12.3. The van der Waals surface area contributed by atoms with Crippen molar-refractivity contribution in [1.82, 2.24) is 10.3 Å². The number of hydrogen-bond donors (Lipinski definition) is 1. The van der Waals surface area contributed by atoms with E-state index in [0.29, 0.717) is 0 Å². The molecule has 2 fully saturated rings. The summed E-state index contributed by atoms with van der Waals surface area (Å²) in [5.74, 6) is 0. The molecule has 4 nitrogen and oxygen atoms in total. The molecule has 0 aliphatic carbocycles. The molecule has 2 aliphatic heterocycles. The van der Waals surface area contributed by atoms with Crippen molar-refractivity contribution in [3.05, 3.63) is 18.2 Å². The van der Waals surface area contributed by atoms with E-state index in [-0.39, 0.29) is 0 Å². The molecule has 0 amide bonds. The van der Waals surface area contributed by atoms with Gasteiger partial charge in [-0.1, -0.05) is 11.3 Å². The molecule has 2 aliphatic rings. The maximum Gasteiger partial charge on any atom is 0.186 e. The quantitative estimate of drug-likeness (QED) is 0.924. The molecule has 0 saturated carbocycles. The van der Waals surface area contributed by atoms with Gasteiger partial charge in [-0.2, -0.15) is 0 Å². The van der Waals surface area contributed by atoms with Crippen molar-refractivity contribution in [2.45, 2.75) is 19.3 Å². The molecular formula is C16H22N4S. The second-order valence-electron chi connectivity index (χ2n) is 5.93. The van der Waals surface area contributed by atoms with E-state index in [1.165, 1.54) is 47.9 Å². The standard InChI is InChI=1S/C16H22N4S/c1-2-8-19(9-3-1)13-4-5-14-15(12-13)21-16(18-14)20-10-6-17-7-11-20/h4-5,12,17H,1-3,6-11H2. The molecule has 2 aromatic rings. The molecular weight excluding hydrogens is 280 g/mol. The molecule has 112 valence electrons. The van der Waals surface area contributed by atoms with Crippen LogP contribution in [0.2, 0.25) is 0 Å². The number of anilines is 2. The predicted octanol–water partition coefficient (Wildman–Crippen LogP) is 2.70. The second kappa shape index (κ2) is 5.81. The highest BCUT2D eigenvalue weighted by atomic mass is 32.1. The van der Waals surface area contributed by atoms with Crippen LogP contribution in [-0.2, 0) is 0 Å². The lowest BCUT2D eigenvalue weighted by Crippen LogP contribution is -2.43. The average molecular weight is 302 g/mol. The third-order valence-corrected chi connectivity index (χ3v) is 5.55. The molecule has 0 atom stereocenters. The van der Waals surface area contributed by atoms with E-state index in [2.05, 4.69) is 33.3 Å². The van der Waals surface area contributed by atoms with Gasteiger partial charge in [0, 0.05) is 45.0 Å². The van der Waals surface area contributed by atoms with Crippen LogP contribution in [0.5, 0.6) is 0 Å². The summed E-state index contributed by atoms with van der Waals surface area (Å²) < 4.78 is 1.33. The average Bonchev–Trinajstić information content (AvgIpc) is 2.99. The van der Waals surface area contributed by atoms with Gasteiger partial charge in [-0.25, -0.2) is 4.98 Å². The number of benzene rings is 1. The summed E-state index contributed by atoms with van der Waals surface area (Å²) in [4.78, 5) is 9.75. The first kappa shape index (κ1) is 13.3. The Labute approximate surface area is 129 Å². The molecule has 2 saturated heterocycles. The fourth-order valence-electron chi connectivity index (χ4n) is 3.24. The van der Waals surface area contributed by atoms with Gasteiger partial charge in [0.05, 0.1) is 10.2 Å². The topological polar surface area (TPSA) is 31.4 Å². The molecule has 5 heteroatoms. The Bertz CT molecular complexity index is 596. The van der Waals surface area contributed by atoms with Crippen LogP contribution in [-0.4, -0.2) is 44.3 Å². The smallest absolute Gasteiger partial charge is 0.186 e. The van der Waals surface area contributed by atoms with Crippen LogP contribution in [0.15, 0.2) is 18.2 Å². The van der Waals surface area contributed by atoms with Gasteiger partial charge in [0.1, 0.15) is 0 Å². The number of piperazine rings is 1. The Morgan fingerprint density at radius 3 is 2.57 bits per heavy atom. The molecule has 0 bridgehead atoms. The van der Waals surface area contributed by atoms with Crippen LogP contribution >= 0.6 is 11.3 Å². The van der Waals surface area contributed by atoms with E-state index in [4.69, 9.17) is 4.98 Å². The van der Waals surface area contributed by atoms with E-state index in [1.807, 2.05) is 11.3 Å². The molecule has 1 N–H and O–H groups in total. The Balaban J connectivity index is 1.61. The first-order chi connectivity index (χ1) is 10.4. The van der Waals surface area contributed by atoms with Gasteiger partial charge in [0.25, 0.3) is 0 Å². The van der Waals surface area contributed by atoms with Crippen LogP contribution < -0.4 is 15.1 Å². The Morgan fingerprint density at radius 1 is 0.952 bits per heavy atom. The van der Waals surface area contributed by atoms with Crippen LogP contribution in [0, 0.1) is 0 Å². The van der Waals surface area contributed by atoms with Gasteiger partial charge >= 0.3 is 0 Å². The number of thiazole rings is 1. The maximum atomic E-state index is 4.82. The van der Waals surface area contributed by atoms with Gasteiger partial charge < -0.3 is 15.1 Å². The molecule has 0 unspecified atom stereocenters. The van der Waals surface area contributed by atoms with Gasteiger partial charge in [0.2, 0.25) is 0 Å². The summed E-state index contributed by atoms with van der Waals surface area (Å²) in [6.45, 7) is 6.67. The van der Waals surface area contributed by atoms with Gasteiger partial charge in [0.15, 0.2) is 5.13 Å². The van der Waals surface area contributed by atoms with Crippen LogP contribution in [0.4, 0.5) is 10.8 Å². The van der Waals surface area contributed by atoms with E-state index in [1.54, 1.807) is 0 Å². The zero-order chi connectivity index (χ0) is 14.1. The van der Waals surface area contributed by atoms with Crippen LogP contribution in [0.1, 0.15) is 19.3 Å². The first-order valence-electron chi connectivity index (χ1n) is 8.01. The first-order valence-corrected chi connectivity index (χ1v) is 8.83. The lowest BCUT2D eigenvalue weighted by atomic mass is 10.1. The van der Waals surface area contributed by atoms with Crippen molar-refractivity contribution in [1.29, 1.82) is 0 Å². The van der Waals surface area contributed by atoms with E-state index < -0.39 is 0 Å². The number of hydrogen-bond acceptors (Lipinski definition) is 5. The fourth-order valence-corrected chi connectivity index (χ4v) is 4.29. The fraction of sp³-hybridized carbons (Fsp3) is 0.562. The number of fused-ring (bicyclic) bond motifs is 1. The molecule has 3 heterocycles. The van der Waals surface area contributed by atoms with E-state index in [9.17, 15) is 0 Å². The van der Waals surface area contributed by atoms with Crippen molar-refractivity contribution >= 4 is 32.4 Å². The van der Waals surface area contributed by atoms with Crippen molar-refractivity contribution in [2.75, 3.05) is 49.1 Å². The normalized spacial score (nSPS) is 20.2. The zero-order valence-corrected chi connectivity index (χ0v) is 13.2. The third kappa shape index (κ3) is 2.72. The number of aromatic nitrogens is 1. The summed E-state index contributed by atoms with van der Waals surface area (Å²) >= 11 is 1.84. The highest BCUT2D eigenvalue weighted by Crippen LogP contribution is 2.32. The molecule has 0 radical (unpaired) electrons. The summed E-state index contributed by atoms with van der Waals surface area (Å²) in [5.41, 5.74) is 2.52. The second-order valence-corrected chi connectivity index (χ2v) is 6.94. The van der Waals surface area contributed by atoms with Crippen LogP contribution in [0.3, 0.4) is 0 Å².